The summed E-state index contributed by atoms with van der Waals surface area (Å²) in [4.78, 5) is 25.2. The van der Waals surface area contributed by atoms with Crippen LogP contribution in [-0.2, 0) is 22.4 Å². The lowest BCUT2D eigenvalue weighted by Gasteiger charge is -2.25. The maximum Gasteiger partial charge on any atom is 0.305 e. The number of fused-ring (bicyclic) bond motifs is 1. The zero-order valence-corrected chi connectivity index (χ0v) is 11.4. The fourth-order valence-corrected chi connectivity index (χ4v) is 3.04. The molecule has 1 saturated carbocycles. The summed E-state index contributed by atoms with van der Waals surface area (Å²) in [6.07, 6.45) is 3.68. The van der Waals surface area contributed by atoms with Crippen LogP contribution in [0.25, 0.3) is 0 Å². The average molecular weight is 273 g/mol. The van der Waals surface area contributed by atoms with E-state index in [-0.39, 0.29) is 24.3 Å². The molecule has 2 aliphatic carbocycles. The maximum absolute atomic E-state index is 12.6. The number of carbonyl (C=O) groups excluding carboxylic acids is 1. The second-order valence-electron chi connectivity index (χ2n) is 5.78. The summed E-state index contributed by atoms with van der Waals surface area (Å²) in [7, 11) is 0. The molecule has 1 amide bonds. The van der Waals surface area contributed by atoms with E-state index in [9.17, 15) is 9.59 Å². The average Bonchev–Trinajstić information content (AvgIpc) is 3.16. The van der Waals surface area contributed by atoms with E-state index in [1.165, 1.54) is 11.1 Å². The van der Waals surface area contributed by atoms with E-state index < -0.39 is 5.97 Å². The van der Waals surface area contributed by atoms with Crippen molar-refractivity contribution in [2.24, 2.45) is 5.92 Å². The molecule has 0 spiro atoms. The second kappa shape index (κ2) is 5.27. The summed E-state index contributed by atoms with van der Waals surface area (Å²) in [5, 5.41) is 8.82. The van der Waals surface area contributed by atoms with Gasteiger partial charge in [-0.1, -0.05) is 24.3 Å². The Kier molecular flexibility index (Phi) is 3.47. The molecule has 20 heavy (non-hydrogen) atoms. The van der Waals surface area contributed by atoms with Gasteiger partial charge in [-0.3, -0.25) is 9.59 Å². The molecular formula is C16H19NO3. The van der Waals surface area contributed by atoms with Gasteiger partial charge in [0.15, 0.2) is 0 Å². The van der Waals surface area contributed by atoms with Crippen molar-refractivity contribution in [3.8, 4) is 0 Å². The van der Waals surface area contributed by atoms with Gasteiger partial charge in [0.1, 0.15) is 0 Å². The topological polar surface area (TPSA) is 57.6 Å². The Balaban J connectivity index is 1.67. The smallest absolute Gasteiger partial charge is 0.305 e. The van der Waals surface area contributed by atoms with E-state index in [1.807, 2.05) is 17.0 Å². The van der Waals surface area contributed by atoms with Crippen molar-refractivity contribution < 1.29 is 14.7 Å². The minimum absolute atomic E-state index is 0.00166. The van der Waals surface area contributed by atoms with E-state index in [0.717, 1.165) is 25.7 Å². The molecule has 4 nitrogen and oxygen atoms in total. The summed E-state index contributed by atoms with van der Waals surface area (Å²) in [6, 6.07) is 8.47. The highest BCUT2D eigenvalue weighted by Crippen LogP contribution is 2.33. The van der Waals surface area contributed by atoms with Gasteiger partial charge >= 0.3 is 5.97 Å². The van der Waals surface area contributed by atoms with Crippen molar-refractivity contribution >= 4 is 11.9 Å². The summed E-state index contributed by atoms with van der Waals surface area (Å²) in [6.45, 7) is 0.353. The first kappa shape index (κ1) is 13.2. The molecular weight excluding hydrogens is 254 g/mol. The van der Waals surface area contributed by atoms with E-state index in [4.69, 9.17) is 5.11 Å². The third-order valence-electron chi connectivity index (χ3n) is 4.24. The molecule has 1 fully saturated rings. The van der Waals surface area contributed by atoms with Crippen molar-refractivity contribution in [3.63, 3.8) is 0 Å². The molecule has 0 aliphatic heterocycles. The number of carboxylic acid groups (broad SMARTS) is 1. The second-order valence-corrected chi connectivity index (χ2v) is 5.78. The van der Waals surface area contributed by atoms with Gasteiger partial charge in [0.25, 0.3) is 0 Å². The molecule has 0 radical (unpaired) electrons. The summed E-state index contributed by atoms with van der Waals surface area (Å²) >= 11 is 0. The van der Waals surface area contributed by atoms with Crippen molar-refractivity contribution in [3.05, 3.63) is 35.4 Å². The molecule has 3 rings (SSSR count). The van der Waals surface area contributed by atoms with Crippen molar-refractivity contribution in [2.45, 2.75) is 38.1 Å². The van der Waals surface area contributed by atoms with Gasteiger partial charge in [0.2, 0.25) is 5.91 Å². The van der Waals surface area contributed by atoms with Gasteiger partial charge in [-0.2, -0.15) is 0 Å². The number of hydrogen-bond acceptors (Lipinski definition) is 2. The van der Waals surface area contributed by atoms with Gasteiger partial charge in [-0.05, 0) is 36.8 Å². The molecule has 0 aromatic heterocycles. The molecule has 1 aromatic rings. The van der Waals surface area contributed by atoms with Gasteiger partial charge in [-0.15, -0.1) is 0 Å². The highest BCUT2D eigenvalue weighted by molar-refractivity contribution is 5.81. The number of nitrogens with zero attached hydrogens (tertiary/aromatic N) is 1. The Morgan fingerprint density at radius 3 is 2.25 bits per heavy atom. The molecule has 0 bridgehead atoms. The van der Waals surface area contributed by atoms with Crippen LogP contribution in [0.4, 0.5) is 0 Å². The molecule has 0 unspecified atom stereocenters. The van der Waals surface area contributed by atoms with Crippen LogP contribution in [0.2, 0.25) is 0 Å². The molecule has 2 aliphatic rings. The third-order valence-corrected chi connectivity index (χ3v) is 4.24. The minimum Gasteiger partial charge on any atom is -0.481 e. The van der Waals surface area contributed by atoms with E-state index in [1.54, 1.807) is 0 Å². The number of hydrogen-bond donors (Lipinski definition) is 1. The van der Waals surface area contributed by atoms with Crippen molar-refractivity contribution in [1.29, 1.82) is 0 Å². The summed E-state index contributed by atoms with van der Waals surface area (Å²) < 4.78 is 0. The minimum atomic E-state index is -0.835. The number of benzene rings is 1. The predicted molar refractivity (Wildman–Crippen MR) is 74.3 cm³/mol. The molecule has 4 heteroatoms. The first-order valence-electron chi connectivity index (χ1n) is 7.24. The largest absolute Gasteiger partial charge is 0.481 e. The molecule has 0 heterocycles. The summed E-state index contributed by atoms with van der Waals surface area (Å²) in [5.74, 6) is -0.690. The monoisotopic (exact) mass is 273 g/mol. The van der Waals surface area contributed by atoms with Gasteiger partial charge in [0.05, 0.1) is 6.42 Å². The van der Waals surface area contributed by atoms with Crippen LogP contribution in [0.15, 0.2) is 24.3 Å². The van der Waals surface area contributed by atoms with Crippen molar-refractivity contribution in [2.75, 3.05) is 6.54 Å². The third kappa shape index (κ3) is 2.69. The Morgan fingerprint density at radius 2 is 1.75 bits per heavy atom. The molecule has 106 valence electrons. The van der Waals surface area contributed by atoms with Gasteiger partial charge < -0.3 is 10.0 Å². The highest BCUT2D eigenvalue weighted by atomic mass is 16.4. The van der Waals surface area contributed by atoms with Crippen LogP contribution < -0.4 is 0 Å². The SMILES string of the molecule is O=C(O)CCN(C(=O)C1Cc2ccccc2C1)C1CC1. The maximum atomic E-state index is 12.6. The molecule has 0 atom stereocenters. The van der Waals surface area contributed by atoms with Gasteiger partial charge in [0, 0.05) is 18.5 Å². The van der Waals surface area contributed by atoms with Crippen LogP contribution in [-0.4, -0.2) is 34.5 Å². The van der Waals surface area contributed by atoms with E-state index in [0.29, 0.717) is 6.54 Å². The number of amides is 1. The van der Waals surface area contributed by atoms with Crippen molar-refractivity contribution in [1.82, 2.24) is 4.90 Å². The number of carboxylic acids is 1. The zero-order chi connectivity index (χ0) is 14.1. The lowest BCUT2D eigenvalue weighted by atomic mass is 10.0. The Bertz CT molecular complexity index is 511. The lowest BCUT2D eigenvalue weighted by Crippen LogP contribution is -2.39. The standard InChI is InChI=1S/C16H19NO3/c18-15(19)7-8-17(14-5-6-14)16(20)13-9-11-3-1-2-4-12(11)10-13/h1-4,13-14H,5-10H2,(H,18,19). The first-order valence-corrected chi connectivity index (χ1v) is 7.24. The molecule has 1 aromatic carbocycles. The summed E-state index contributed by atoms with van der Waals surface area (Å²) in [5.41, 5.74) is 2.53. The van der Waals surface area contributed by atoms with Crippen LogP contribution >= 0.6 is 0 Å². The van der Waals surface area contributed by atoms with Crippen LogP contribution in [0.3, 0.4) is 0 Å². The molecule has 1 N–H and O–H groups in total. The van der Waals surface area contributed by atoms with Crippen LogP contribution in [0, 0.1) is 5.92 Å². The zero-order valence-electron chi connectivity index (χ0n) is 11.4. The van der Waals surface area contributed by atoms with E-state index in [2.05, 4.69) is 12.1 Å². The fraction of sp³-hybridized carbons (Fsp3) is 0.500. The number of carbonyl (C=O) groups is 2. The first-order chi connectivity index (χ1) is 9.65. The van der Waals surface area contributed by atoms with Crippen LogP contribution in [0.5, 0.6) is 0 Å². The van der Waals surface area contributed by atoms with E-state index >= 15 is 0 Å². The fourth-order valence-electron chi connectivity index (χ4n) is 3.04. The number of aliphatic carboxylic acids is 1. The Morgan fingerprint density at radius 1 is 1.15 bits per heavy atom. The quantitative estimate of drug-likeness (QED) is 0.891. The van der Waals surface area contributed by atoms with Gasteiger partial charge in [-0.25, -0.2) is 0 Å². The highest BCUT2D eigenvalue weighted by Gasteiger charge is 2.37. The molecule has 0 saturated heterocycles. The predicted octanol–water partition coefficient (Wildman–Crippen LogP) is 1.87. The number of rotatable bonds is 5. The Hall–Kier alpha value is -1.84. The lowest BCUT2D eigenvalue weighted by molar-refractivity contribution is -0.140. The Labute approximate surface area is 118 Å². The normalized spacial score (nSPS) is 17.8. The van der Waals surface area contributed by atoms with Crippen LogP contribution in [0.1, 0.15) is 30.4 Å².